The number of carboxylic acids is 1. The Balaban J connectivity index is 2.65. The number of thioether (sulfide) groups is 1. The van der Waals surface area contributed by atoms with Gasteiger partial charge in [-0.05, 0) is 18.3 Å². The summed E-state index contributed by atoms with van der Waals surface area (Å²) in [6.45, 7) is 8.81. The maximum Gasteiger partial charge on any atom is 0.321 e. The molecule has 0 aliphatic carbocycles. The molecule has 1 rings (SSSR count). The Morgan fingerprint density at radius 1 is 1.44 bits per heavy atom. The van der Waals surface area contributed by atoms with Gasteiger partial charge in [-0.3, -0.25) is 10.1 Å². The Morgan fingerprint density at radius 2 is 2.06 bits per heavy atom. The smallest absolute Gasteiger partial charge is 0.321 e. The first-order chi connectivity index (χ1) is 7.41. The number of nitrogens with one attached hydrogen (secondary N) is 1. The van der Waals surface area contributed by atoms with Gasteiger partial charge in [0.1, 0.15) is 6.04 Å². The molecule has 2 N–H and O–H groups in total. The fourth-order valence-corrected chi connectivity index (χ4v) is 3.69. The summed E-state index contributed by atoms with van der Waals surface area (Å²) in [5, 5.41) is 12.9. The van der Waals surface area contributed by atoms with Crippen LogP contribution in [0.15, 0.2) is 0 Å². The molecule has 16 heavy (non-hydrogen) atoms. The van der Waals surface area contributed by atoms with Gasteiger partial charge < -0.3 is 5.11 Å². The highest BCUT2D eigenvalue weighted by Gasteiger charge is 2.35. The predicted molar refractivity (Wildman–Crippen MR) is 68.9 cm³/mol. The first-order valence-corrected chi connectivity index (χ1v) is 7.07. The van der Waals surface area contributed by atoms with Crippen LogP contribution < -0.4 is 5.32 Å². The molecule has 1 aliphatic rings. The van der Waals surface area contributed by atoms with Gasteiger partial charge in [0.2, 0.25) is 0 Å². The molecule has 0 aromatic carbocycles. The third kappa shape index (κ3) is 3.67. The second-order valence-electron chi connectivity index (χ2n) is 5.34. The molecule has 3 nitrogen and oxygen atoms in total. The molecule has 0 aromatic rings. The second kappa shape index (κ2) is 5.92. The zero-order valence-electron chi connectivity index (χ0n) is 10.6. The van der Waals surface area contributed by atoms with Crippen molar-refractivity contribution in [1.82, 2.24) is 5.32 Å². The minimum absolute atomic E-state index is 0.333. The van der Waals surface area contributed by atoms with Crippen molar-refractivity contribution >= 4 is 17.7 Å². The average Bonchev–Trinajstić information content (AvgIpc) is 2.15. The van der Waals surface area contributed by atoms with E-state index < -0.39 is 5.97 Å². The van der Waals surface area contributed by atoms with Crippen molar-refractivity contribution in [2.75, 3.05) is 5.75 Å². The van der Waals surface area contributed by atoms with Crippen molar-refractivity contribution in [2.24, 2.45) is 11.8 Å². The van der Waals surface area contributed by atoms with Crippen molar-refractivity contribution in [3.63, 3.8) is 0 Å². The normalized spacial score (nSPS) is 31.0. The molecule has 0 saturated carbocycles. The topological polar surface area (TPSA) is 49.3 Å². The van der Waals surface area contributed by atoms with E-state index in [4.69, 9.17) is 5.11 Å². The van der Waals surface area contributed by atoms with Crippen LogP contribution in [0.4, 0.5) is 0 Å². The molecule has 1 aliphatic heterocycles. The third-order valence-electron chi connectivity index (χ3n) is 2.95. The van der Waals surface area contributed by atoms with Gasteiger partial charge in [0, 0.05) is 17.0 Å². The summed E-state index contributed by atoms with van der Waals surface area (Å²) < 4.78 is 0. The van der Waals surface area contributed by atoms with Gasteiger partial charge >= 0.3 is 5.97 Å². The molecule has 4 heteroatoms. The van der Waals surface area contributed by atoms with Gasteiger partial charge in [-0.2, -0.15) is 11.8 Å². The van der Waals surface area contributed by atoms with Crippen molar-refractivity contribution in [3.8, 4) is 0 Å². The molecule has 3 unspecified atom stereocenters. The molecular weight excluding hydrogens is 222 g/mol. The molecule has 3 atom stereocenters. The quantitative estimate of drug-likeness (QED) is 0.797. The number of carbonyl (C=O) groups is 1. The summed E-state index contributed by atoms with van der Waals surface area (Å²) in [5.74, 6) is 1.17. The van der Waals surface area contributed by atoms with E-state index in [0.717, 1.165) is 6.42 Å². The van der Waals surface area contributed by atoms with E-state index in [1.54, 1.807) is 0 Å². The van der Waals surface area contributed by atoms with E-state index in [-0.39, 0.29) is 6.04 Å². The summed E-state index contributed by atoms with van der Waals surface area (Å²) in [7, 11) is 0. The molecule has 0 spiro atoms. The molecule has 1 saturated heterocycles. The summed E-state index contributed by atoms with van der Waals surface area (Å²) in [5.41, 5.74) is 0. The van der Waals surface area contributed by atoms with E-state index in [2.05, 4.69) is 33.0 Å². The largest absolute Gasteiger partial charge is 0.480 e. The standard InChI is InChI=1S/C12H23NO2S/c1-7(2)5-9-11(8(3)4)16-6-10(13-9)12(14)15/h7-11,13H,5-6H2,1-4H3,(H,14,15). The van der Waals surface area contributed by atoms with Crippen LogP contribution in [0.5, 0.6) is 0 Å². The van der Waals surface area contributed by atoms with Gasteiger partial charge in [0.15, 0.2) is 0 Å². The molecule has 94 valence electrons. The van der Waals surface area contributed by atoms with Gasteiger partial charge in [-0.25, -0.2) is 0 Å². The summed E-state index contributed by atoms with van der Waals surface area (Å²) in [6.07, 6.45) is 1.06. The zero-order valence-corrected chi connectivity index (χ0v) is 11.4. The third-order valence-corrected chi connectivity index (χ3v) is 4.73. The SMILES string of the molecule is CC(C)CC1NC(C(=O)O)CSC1C(C)C. The first kappa shape index (κ1) is 13.8. The number of rotatable bonds is 4. The molecule has 0 radical (unpaired) electrons. The lowest BCUT2D eigenvalue weighted by atomic mass is 9.94. The summed E-state index contributed by atoms with van der Waals surface area (Å²) in [4.78, 5) is 11.0. The van der Waals surface area contributed by atoms with Crippen molar-refractivity contribution in [2.45, 2.75) is 51.4 Å². The van der Waals surface area contributed by atoms with Crippen molar-refractivity contribution in [1.29, 1.82) is 0 Å². The van der Waals surface area contributed by atoms with Crippen LogP contribution in [0.2, 0.25) is 0 Å². The van der Waals surface area contributed by atoms with Gasteiger partial charge in [0.25, 0.3) is 0 Å². The monoisotopic (exact) mass is 245 g/mol. The fraction of sp³-hybridized carbons (Fsp3) is 0.917. The van der Waals surface area contributed by atoms with E-state index in [9.17, 15) is 4.79 Å². The Hall–Kier alpha value is -0.220. The van der Waals surface area contributed by atoms with Crippen molar-refractivity contribution < 1.29 is 9.90 Å². The van der Waals surface area contributed by atoms with Crippen LogP contribution in [0.25, 0.3) is 0 Å². The maximum atomic E-state index is 11.0. The highest BCUT2D eigenvalue weighted by molar-refractivity contribution is 8.00. The number of hydrogen-bond acceptors (Lipinski definition) is 3. The number of hydrogen-bond donors (Lipinski definition) is 2. The molecular formula is C12H23NO2S. The van der Waals surface area contributed by atoms with Crippen LogP contribution in [-0.2, 0) is 4.79 Å². The minimum Gasteiger partial charge on any atom is -0.480 e. The number of aliphatic carboxylic acids is 1. The first-order valence-electron chi connectivity index (χ1n) is 6.02. The Bertz CT molecular complexity index is 243. The van der Waals surface area contributed by atoms with Gasteiger partial charge in [0.05, 0.1) is 0 Å². The van der Waals surface area contributed by atoms with Crippen molar-refractivity contribution in [3.05, 3.63) is 0 Å². The van der Waals surface area contributed by atoms with Crippen LogP contribution in [0, 0.1) is 11.8 Å². The van der Waals surface area contributed by atoms with Crippen LogP contribution in [0.1, 0.15) is 34.1 Å². The lowest BCUT2D eigenvalue weighted by Gasteiger charge is -2.38. The highest BCUT2D eigenvalue weighted by Crippen LogP contribution is 2.30. The van der Waals surface area contributed by atoms with Gasteiger partial charge in [-0.15, -0.1) is 0 Å². The Morgan fingerprint density at radius 3 is 2.50 bits per heavy atom. The summed E-state index contributed by atoms with van der Waals surface area (Å²) in [6, 6.07) is -0.0383. The summed E-state index contributed by atoms with van der Waals surface area (Å²) >= 11 is 1.81. The minimum atomic E-state index is -0.719. The van der Waals surface area contributed by atoms with E-state index in [1.165, 1.54) is 0 Å². The van der Waals surface area contributed by atoms with E-state index in [0.29, 0.717) is 28.9 Å². The lowest BCUT2D eigenvalue weighted by molar-refractivity contribution is -0.139. The molecule has 1 fully saturated rings. The molecule has 0 amide bonds. The molecule has 0 bridgehead atoms. The molecule has 0 aromatic heterocycles. The van der Waals surface area contributed by atoms with Crippen LogP contribution in [0.3, 0.4) is 0 Å². The van der Waals surface area contributed by atoms with E-state index in [1.807, 2.05) is 11.8 Å². The second-order valence-corrected chi connectivity index (χ2v) is 6.55. The highest BCUT2D eigenvalue weighted by atomic mass is 32.2. The fourth-order valence-electron chi connectivity index (χ4n) is 2.23. The molecule has 1 heterocycles. The maximum absolute atomic E-state index is 11.0. The Labute approximate surface area is 102 Å². The average molecular weight is 245 g/mol. The van der Waals surface area contributed by atoms with Crippen LogP contribution in [-0.4, -0.2) is 34.2 Å². The zero-order chi connectivity index (χ0) is 12.3. The lowest BCUT2D eigenvalue weighted by Crippen LogP contribution is -2.55. The van der Waals surface area contributed by atoms with E-state index >= 15 is 0 Å². The van der Waals surface area contributed by atoms with Crippen LogP contribution >= 0.6 is 11.8 Å². The van der Waals surface area contributed by atoms with Gasteiger partial charge in [-0.1, -0.05) is 27.7 Å². The Kier molecular flexibility index (Phi) is 5.12. The number of carboxylic acid groups (broad SMARTS) is 1. The predicted octanol–water partition coefficient (Wildman–Crippen LogP) is 2.22.